The lowest BCUT2D eigenvalue weighted by atomic mass is 9.78. The molecule has 0 bridgehead atoms. The molecule has 5 aromatic rings. The molecule has 0 aliphatic carbocycles. The SMILES string of the molecule is CCCCCCC1(C)OB(c2ccc(-c3ccc(-n4c5ccccc5c5ccccc54)cc3)cc2)OC1(C)C. The summed E-state index contributed by atoms with van der Waals surface area (Å²) in [6.07, 6.45) is 5.97. The van der Waals surface area contributed by atoms with Crippen LogP contribution in [0.3, 0.4) is 0 Å². The molecule has 1 unspecified atom stereocenters. The van der Waals surface area contributed by atoms with Gasteiger partial charge in [0.2, 0.25) is 0 Å². The standard InChI is InChI=1S/C35H38BNO2/c1-5-6-7-12-25-35(4)34(2,3)38-36(39-35)28-21-17-26(18-22-28)27-19-23-29(24-20-27)37-32-15-10-8-13-30(32)31-14-9-11-16-33(31)37/h8-11,13-24H,5-7,12,25H2,1-4H3. The van der Waals surface area contributed by atoms with E-state index in [9.17, 15) is 0 Å². The molecule has 6 rings (SSSR count). The average Bonchev–Trinajstić information content (AvgIpc) is 3.42. The van der Waals surface area contributed by atoms with Crippen molar-refractivity contribution in [1.29, 1.82) is 0 Å². The Morgan fingerprint density at radius 3 is 1.79 bits per heavy atom. The highest BCUT2D eigenvalue weighted by molar-refractivity contribution is 6.62. The maximum Gasteiger partial charge on any atom is 0.494 e. The smallest absolute Gasteiger partial charge is 0.399 e. The Morgan fingerprint density at radius 2 is 1.21 bits per heavy atom. The zero-order valence-corrected chi connectivity index (χ0v) is 23.6. The fourth-order valence-corrected chi connectivity index (χ4v) is 6.02. The predicted octanol–water partition coefficient (Wildman–Crippen LogP) is 8.70. The first-order valence-corrected chi connectivity index (χ1v) is 14.4. The summed E-state index contributed by atoms with van der Waals surface area (Å²) < 4.78 is 15.4. The normalized spacial score (nSPS) is 18.8. The van der Waals surface area contributed by atoms with Gasteiger partial charge in [-0.05, 0) is 68.0 Å². The van der Waals surface area contributed by atoms with Crippen molar-refractivity contribution < 1.29 is 9.31 Å². The van der Waals surface area contributed by atoms with Crippen LogP contribution in [-0.2, 0) is 9.31 Å². The molecule has 4 heteroatoms. The van der Waals surface area contributed by atoms with E-state index < -0.39 is 0 Å². The van der Waals surface area contributed by atoms with Crippen LogP contribution in [-0.4, -0.2) is 22.9 Å². The lowest BCUT2D eigenvalue weighted by molar-refractivity contribution is -0.0172. The molecule has 198 valence electrons. The first-order valence-electron chi connectivity index (χ1n) is 14.4. The Bertz CT molecular complexity index is 1530. The van der Waals surface area contributed by atoms with Gasteiger partial charge >= 0.3 is 7.12 Å². The van der Waals surface area contributed by atoms with Crippen molar-refractivity contribution in [2.24, 2.45) is 0 Å². The van der Waals surface area contributed by atoms with Gasteiger partial charge in [-0.15, -0.1) is 0 Å². The molecule has 1 saturated heterocycles. The molecule has 1 aliphatic rings. The van der Waals surface area contributed by atoms with Crippen molar-refractivity contribution in [1.82, 2.24) is 4.57 Å². The quantitative estimate of drug-likeness (QED) is 0.152. The number of hydrogen-bond donors (Lipinski definition) is 0. The highest BCUT2D eigenvalue weighted by Gasteiger charge is 2.53. The van der Waals surface area contributed by atoms with Gasteiger partial charge in [-0.3, -0.25) is 0 Å². The third kappa shape index (κ3) is 4.70. The second-order valence-electron chi connectivity index (χ2n) is 11.7. The summed E-state index contributed by atoms with van der Waals surface area (Å²) in [7, 11) is -0.331. The third-order valence-corrected chi connectivity index (χ3v) is 8.77. The number of aromatic nitrogens is 1. The van der Waals surface area contributed by atoms with Crippen LogP contribution in [0.2, 0.25) is 0 Å². The van der Waals surface area contributed by atoms with Gasteiger partial charge in [-0.25, -0.2) is 0 Å². The van der Waals surface area contributed by atoms with E-state index >= 15 is 0 Å². The van der Waals surface area contributed by atoms with Crippen molar-refractivity contribution in [3.63, 3.8) is 0 Å². The summed E-state index contributed by atoms with van der Waals surface area (Å²) >= 11 is 0. The van der Waals surface area contributed by atoms with E-state index in [0.717, 1.165) is 11.9 Å². The molecule has 4 aromatic carbocycles. The summed E-state index contributed by atoms with van der Waals surface area (Å²) in [5.74, 6) is 0. The molecule has 0 N–H and O–H groups in total. The van der Waals surface area contributed by atoms with Gasteiger partial charge in [0, 0.05) is 16.5 Å². The summed E-state index contributed by atoms with van der Waals surface area (Å²) in [5, 5.41) is 2.56. The minimum atomic E-state index is -0.331. The number of unbranched alkanes of at least 4 members (excludes halogenated alkanes) is 3. The van der Waals surface area contributed by atoms with E-state index in [2.05, 4.69) is 129 Å². The molecule has 1 aromatic heterocycles. The molecule has 39 heavy (non-hydrogen) atoms. The number of nitrogens with zero attached hydrogens (tertiary/aromatic N) is 1. The van der Waals surface area contributed by atoms with Gasteiger partial charge in [0.05, 0.1) is 22.2 Å². The van der Waals surface area contributed by atoms with Crippen LogP contribution >= 0.6 is 0 Å². The molecular weight excluding hydrogens is 477 g/mol. The van der Waals surface area contributed by atoms with Crippen LogP contribution < -0.4 is 5.46 Å². The van der Waals surface area contributed by atoms with Gasteiger partial charge in [0.25, 0.3) is 0 Å². The molecule has 0 amide bonds. The van der Waals surface area contributed by atoms with Gasteiger partial charge in [0.1, 0.15) is 0 Å². The van der Waals surface area contributed by atoms with E-state index in [1.165, 1.54) is 64.3 Å². The van der Waals surface area contributed by atoms with Crippen LogP contribution in [0.1, 0.15) is 59.8 Å². The lowest BCUT2D eigenvalue weighted by Crippen LogP contribution is -2.44. The Balaban J connectivity index is 1.22. The number of benzene rings is 4. The molecular formula is C35H38BNO2. The minimum Gasteiger partial charge on any atom is -0.399 e. The summed E-state index contributed by atoms with van der Waals surface area (Å²) in [5.41, 5.74) is 6.47. The molecule has 1 aliphatic heterocycles. The first-order chi connectivity index (χ1) is 18.9. The highest BCUT2D eigenvalue weighted by atomic mass is 16.7. The van der Waals surface area contributed by atoms with Gasteiger partial charge in [-0.1, -0.05) is 105 Å². The molecule has 0 spiro atoms. The Kier molecular flexibility index (Phi) is 6.87. The monoisotopic (exact) mass is 515 g/mol. The van der Waals surface area contributed by atoms with E-state index in [1.54, 1.807) is 0 Å². The first kappa shape index (κ1) is 25.9. The van der Waals surface area contributed by atoms with Crippen molar-refractivity contribution in [3.8, 4) is 16.8 Å². The Hall–Kier alpha value is -3.34. The van der Waals surface area contributed by atoms with Crippen molar-refractivity contribution in [3.05, 3.63) is 97.1 Å². The lowest BCUT2D eigenvalue weighted by Gasteiger charge is -2.36. The number of fused-ring (bicyclic) bond motifs is 3. The molecule has 0 saturated carbocycles. The Morgan fingerprint density at radius 1 is 0.641 bits per heavy atom. The average molecular weight is 516 g/mol. The van der Waals surface area contributed by atoms with Crippen molar-refractivity contribution >= 4 is 34.4 Å². The van der Waals surface area contributed by atoms with Crippen LogP contribution in [0.4, 0.5) is 0 Å². The summed E-state index contributed by atoms with van der Waals surface area (Å²) in [6.45, 7) is 8.80. The van der Waals surface area contributed by atoms with Gasteiger partial charge in [-0.2, -0.15) is 0 Å². The number of para-hydroxylation sites is 2. The minimum absolute atomic E-state index is 0.285. The highest BCUT2D eigenvalue weighted by Crippen LogP contribution is 2.41. The zero-order chi connectivity index (χ0) is 27.0. The summed E-state index contributed by atoms with van der Waals surface area (Å²) in [4.78, 5) is 0. The van der Waals surface area contributed by atoms with Crippen molar-refractivity contribution in [2.45, 2.75) is 71.0 Å². The van der Waals surface area contributed by atoms with Gasteiger partial charge < -0.3 is 13.9 Å². The van der Waals surface area contributed by atoms with Gasteiger partial charge in [0.15, 0.2) is 0 Å². The maximum atomic E-state index is 6.58. The number of rotatable bonds is 8. The second-order valence-corrected chi connectivity index (χ2v) is 11.7. The fraction of sp³-hybridized carbons (Fsp3) is 0.314. The third-order valence-electron chi connectivity index (χ3n) is 8.77. The van der Waals surface area contributed by atoms with Crippen molar-refractivity contribution in [2.75, 3.05) is 0 Å². The van der Waals surface area contributed by atoms with Crippen LogP contribution in [0.5, 0.6) is 0 Å². The van der Waals surface area contributed by atoms with Crippen LogP contribution in [0.15, 0.2) is 97.1 Å². The molecule has 3 nitrogen and oxygen atoms in total. The summed E-state index contributed by atoms with van der Waals surface area (Å²) in [6, 6.07) is 34.8. The fourth-order valence-electron chi connectivity index (χ4n) is 6.02. The topological polar surface area (TPSA) is 23.4 Å². The van der Waals surface area contributed by atoms with Crippen LogP contribution in [0, 0.1) is 0 Å². The molecule has 1 atom stereocenters. The van der Waals surface area contributed by atoms with E-state index in [0.29, 0.717) is 0 Å². The van der Waals surface area contributed by atoms with Crippen LogP contribution in [0.25, 0.3) is 38.6 Å². The second kappa shape index (κ2) is 10.3. The molecule has 1 fully saturated rings. The number of hydrogen-bond acceptors (Lipinski definition) is 2. The van der Waals surface area contributed by atoms with E-state index in [-0.39, 0.29) is 18.3 Å². The molecule has 0 radical (unpaired) electrons. The largest absolute Gasteiger partial charge is 0.494 e. The van der Waals surface area contributed by atoms with E-state index in [1.807, 2.05) is 0 Å². The predicted molar refractivity (Wildman–Crippen MR) is 165 cm³/mol. The molecule has 2 heterocycles. The maximum absolute atomic E-state index is 6.58. The van der Waals surface area contributed by atoms with E-state index in [4.69, 9.17) is 9.31 Å². The Labute approximate surface area is 232 Å². The zero-order valence-electron chi connectivity index (χ0n) is 23.6.